The van der Waals surface area contributed by atoms with Crippen LogP contribution in [0.15, 0.2) is 18.2 Å². The minimum absolute atomic E-state index is 0.188. The number of hydrogen-bond donors (Lipinski definition) is 0. The summed E-state index contributed by atoms with van der Waals surface area (Å²) in [6.45, 7) is 8.63. The van der Waals surface area contributed by atoms with Crippen molar-refractivity contribution in [2.75, 3.05) is 39.8 Å². The fraction of sp³-hybridized carbons (Fsp3) is 0.667. The van der Waals surface area contributed by atoms with Gasteiger partial charge in [0.15, 0.2) is 0 Å². The minimum atomic E-state index is -0.188. The summed E-state index contributed by atoms with van der Waals surface area (Å²) in [5, 5.41) is 0.467. The summed E-state index contributed by atoms with van der Waals surface area (Å²) in [5.74, 6) is -0.188. The molecule has 2 aliphatic rings. The Labute approximate surface area is 144 Å². The molecule has 0 saturated carbocycles. The predicted octanol–water partition coefficient (Wildman–Crippen LogP) is 3.08. The van der Waals surface area contributed by atoms with E-state index in [0.717, 1.165) is 25.2 Å². The molecular weight excluding hydrogens is 313 g/mol. The third-order valence-corrected chi connectivity index (χ3v) is 5.55. The number of piperazine rings is 1. The Morgan fingerprint density at radius 3 is 2.57 bits per heavy atom. The van der Waals surface area contributed by atoms with Gasteiger partial charge in [-0.05, 0) is 52.0 Å². The van der Waals surface area contributed by atoms with Gasteiger partial charge in [0.2, 0.25) is 0 Å². The lowest BCUT2D eigenvalue weighted by molar-refractivity contribution is 0.0288. The molecule has 1 atom stereocenters. The van der Waals surface area contributed by atoms with Gasteiger partial charge in [-0.1, -0.05) is 17.7 Å². The summed E-state index contributed by atoms with van der Waals surface area (Å²) in [6.07, 6.45) is 2.37. The van der Waals surface area contributed by atoms with Gasteiger partial charge in [-0.3, -0.25) is 9.80 Å². The largest absolute Gasteiger partial charge is 0.304 e. The van der Waals surface area contributed by atoms with Gasteiger partial charge in [0.1, 0.15) is 5.82 Å². The van der Waals surface area contributed by atoms with Gasteiger partial charge >= 0.3 is 0 Å². The molecule has 2 fully saturated rings. The number of likely N-dealkylation sites (N-methyl/N-ethyl adjacent to an activating group) is 1. The smallest absolute Gasteiger partial charge is 0.129 e. The second-order valence-corrected chi connectivity index (χ2v) is 7.53. The Hall–Kier alpha value is -0.680. The van der Waals surface area contributed by atoms with Crippen molar-refractivity contribution in [1.29, 1.82) is 0 Å². The second kappa shape index (κ2) is 7.47. The summed E-state index contributed by atoms with van der Waals surface area (Å²) in [6, 6.07) is 6.32. The van der Waals surface area contributed by atoms with Crippen molar-refractivity contribution in [1.82, 2.24) is 14.7 Å². The number of rotatable bonds is 3. The molecule has 0 bridgehead atoms. The summed E-state index contributed by atoms with van der Waals surface area (Å²) in [5.41, 5.74) is 0.751. The molecule has 0 N–H and O–H groups in total. The lowest BCUT2D eigenvalue weighted by Gasteiger charge is -2.45. The van der Waals surface area contributed by atoms with Crippen LogP contribution in [0.25, 0.3) is 0 Å². The molecule has 0 spiro atoms. The second-order valence-electron chi connectivity index (χ2n) is 7.09. The van der Waals surface area contributed by atoms with E-state index in [1.807, 2.05) is 6.07 Å². The first-order valence-electron chi connectivity index (χ1n) is 8.63. The predicted molar refractivity (Wildman–Crippen MR) is 93.4 cm³/mol. The van der Waals surface area contributed by atoms with Crippen LogP contribution in [0.1, 0.15) is 25.3 Å². The molecular formula is C18H27ClFN3. The molecule has 0 aromatic heterocycles. The van der Waals surface area contributed by atoms with Crippen LogP contribution in [0.3, 0.4) is 0 Å². The Morgan fingerprint density at radius 1 is 1.17 bits per heavy atom. The van der Waals surface area contributed by atoms with Crippen molar-refractivity contribution < 1.29 is 4.39 Å². The normalized spacial score (nSPS) is 25.8. The molecule has 2 aliphatic heterocycles. The van der Waals surface area contributed by atoms with E-state index in [2.05, 4.69) is 28.7 Å². The first kappa shape index (κ1) is 17.2. The number of benzene rings is 1. The van der Waals surface area contributed by atoms with E-state index in [0.29, 0.717) is 23.7 Å². The zero-order valence-electron chi connectivity index (χ0n) is 14.1. The molecule has 23 heavy (non-hydrogen) atoms. The Bertz CT molecular complexity index is 531. The highest BCUT2D eigenvalue weighted by molar-refractivity contribution is 6.30. The Kier molecular flexibility index (Phi) is 5.57. The van der Waals surface area contributed by atoms with Crippen molar-refractivity contribution in [3.05, 3.63) is 34.6 Å². The summed E-state index contributed by atoms with van der Waals surface area (Å²) in [4.78, 5) is 7.46. The zero-order chi connectivity index (χ0) is 16.4. The van der Waals surface area contributed by atoms with Crippen LogP contribution in [-0.4, -0.2) is 66.6 Å². The van der Waals surface area contributed by atoms with Gasteiger partial charge in [0.05, 0.1) is 0 Å². The summed E-state index contributed by atoms with van der Waals surface area (Å²) >= 11 is 5.83. The molecule has 128 valence electrons. The number of halogens is 2. The fourth-order valence-electron chi connectivity index (χ4n) is 4.00. The fourth-order valence-corrected chi connectivity index (χ4v) is 4.15. The zero-order valence-corrected chi connectivity index (χ0v) is 14.9. The SMILES string of the molecule is CC1CN(C)CCN1C1CCN(Cc2ccc(Cl)cc2F)CC1. The molecule has 3 rings (SSSR count). The van der Waals surface area contributed by atoms with E-state index < -0.39 is 0 Å². The molecule has 0 amide bonds. The maximum atomic E-state index is 13.9. The van der Waals surface area contributed by atoms with E-state index in [1.54, 1.807) is 6.07 Å². The van der Waals surface area contributed by atoms with Crippen LogP contribution < -0.4 is 0 Å². The maximum Gasteiger partial charge on any atom is 0.129 e. The van der Waals surface area contributed by atoms with Gasteiger partial charge in [0.25, 0.3) is 0 Å². The summed E-state index contributed by atoms with van der Waals surface area (Å²) in [7, 11) is 2.21. The van der Waals surface area contributed by atoms with Crippen molar-refractivity contribution in [2.45, 2.75) is 38.4 Å². The average molecular weight is 340 g/mol. The van der Waals surface area contributed by atoms with Crippen LogP contribution in [0.5, 0.6) is 0 Å². The molecule has 0 radical (unpaired) electrons. The van der Waals surface area contributed by atoms with Gasteiger partial charge in [-0.25, -0.2) is 4.39 Å². The third kappa shape index (κ3) is 4.24. The topological polar surface area (TPSA) is 9.72 Å². The van der Waals surface area contributed by atoms with Crippen LogP contribution in [0.2, 0.25) is 5.02 Å². The number of likely N-dealkylation sites (tertiary alicyclic amines) is 1. The van der Waals surface area contributed by atoms with E-state index >= 15 is 0 Å². The monoisotopic (exact) mass is 339 g/mol. The van der Waals surface area contributed by atoms with Crippen LogP contribution >= 0.6 is 11.6 Å². The highest BCUT2D eigenvalue weighted by atomic mass is 35.5. The average Bonchev–Trinajstić information content (AvgIpc) is 2.51. The lowest BCUT2D eigenvalue weighted by Crippen LogP contribution is -2.56. The number of piperidine rings is 1. The van der Waals surface area contributed by atoms with Gasteiger partial charge in [0, 0.05) is 48.8 Å². The molecule has 5 heteroatoms. The van der Waals surface area contributed by atoms with E-state index in [1.165, 1.54) is 32.0 Å². The molecule has 0 aliphatic carbocycles. The van der Waals surface area contributed by atoms with Crippen molar-refractivity contribution in [2.24, 2.45) is 0 Å². The third-order valence-electron chi connectivity index (χ3n) is 5.32. The van der Waals surface area contributed by atoms with Crippen LogP contribution in [0.4, 0.5) is 4.39 Å². The lowest BCUT2D eigenvalue weighted by atomic mass is 9.99. The Morgan fingerprint density at radius 2 is 1.91 bits per heavy atom. The Balaban J connectivity index is 1.52. The quantitative estimate of drug-likeness (QED) is 0.838. The first-order valence-corrected chi connectivity index (χ1v) is 9.01. The minimum Gasteiger partial charge on any atom is -0.304 e. The van der Waals surface area contributed by atoms with Crippen molar-refractivity contribution >= 4 is 11.6 Å². The molecule has 1 aromatic carbocycles. The van der Waals surface area contributed by atoms with Gasteiger partial charge in [-0.2, -0.15) is 0 Å². The number of hydrogen-bond acceptors (Lipinski definition) is 3. The molecule has 1 unspecified atom stereocenters. The van der Waals surface area contributed by atoms with E-state index in [4.69, 9.17) is 11.6 Å². The van der Waals surface area contributed by atoms with Gasteiger partial charge < -0.3 is 4.90 Å². The first-order chi connectivity index (χ1) is 11.0. The van der Waals surface area contributed by atoms with Crippen LogP contribution in [-0.2, 0) is 6.54 Å². The number of nitrogens with zero attached hydrogens (tertiary/aromatic N) is 3. The maximum absolute atomic E-state index is 13.9. The van der Waals surface area contributed by atoms with Crippen LogP contribution in [0, 0.1) is 5.82 Å². The molecule has 2 heterocycles. The molecule has 2 saturated heterocycles. The van der Waals surface area contributed by atoms with Gasteiger partial charge in [-0.15, -0.1) is 0 Å². The molecule has 3 nitrogen and oxygen atoms in total. The molecule has 1 aromatic rings. The van der Waals surface area contributed by atoms with E-state index in [-0.39, 0.29) is 5.82 Å². The van der Waals surface area contributed by atoms with Crippen molar-refractivity contribution in [3.63, 3.8) is 0 Å². The highest BCUT2D eigenvalue weighted by Gasteiger charge is 2.30. The van der Waals surface area contributed by atoms with Crippen molar-refractivity contribution in [3.8, 4) is 0 Å². The summed E-state index contributed by atoms with van der Waals surface area (Å²) < 4.78 is 13.9. The highest BCUT2D eigenvalue weighted by Crippen LogP contribution is 2.23. The standard InChI is InChI=1S/C18H27ClFN3/c1-14-12-21(2)9-10-23(14)17-5-7-22(8-6-17)13-15-3-4-16(19)11-18(15)20/h3-4,11,14,17H,5-10,12-13H2,1-2H3. The van der Waals surface area contributed by atoms with E-state index in [9.17, 15) is 4.39 Å².